The minimum absolute atomic E-state index is 0.172. The third-order valence-corrected chi connectivity index (χ3v) is 3.87. The zero-order chi connectivity index (χ0) is 13.1. The van der Waals surface area contributed by atoms with Crippen LogP contribution in [0.25, 0.3) is 0 Å². The van der Waals surface area contributed by atoms with E-state index < -0.39 is 0 Å². The minimum Gasteiger partial charge on any atom is -0.326 e. The van der Waals surface area contributed by atoms with E-state index in [0.717, 1.165) is 12.5 Å². The van der Waals surface area contributed by atoms with E-state index >= 15 is 0 Å². The van der Waals surface area contributed by atoms with Crippen LogP contribution in [0.1, 0.15) is 43.9 Å². The first-order valence-electron chi connectivity index (χ1n) is 7.18. The van der Waals surface area contributed by atoms with Crippen LogP contribution in [0.3, 0.4) is 0 Å². The lowest BCUT2D eigenvalue weighted by atomic mass is 9.97. The molecule has 0 radical (unpaired) electrons. The van der Waals surface area contributed by atoms with Gasteiger partial charge in [0, 0.05) is 18.6 Å². The van der Waals surface area contributed by atoms with Gasteiger partial charge in [-0.05, 0) is 44.7 Å². The number of likely N-dealkylation sites (N-methyl/N-ethyl adjacent to an activating group) is 1. The molecule has 2 atom stereocenters. The van der Waals surface area contributed by atoms with Gasteiger partial charge in [0.1, 0.15) is 0 Å². The Balaban J connectivity index is 2.19. The van der Waals surface area contributed by atoms with Crippen molar-refractivity contribution < 1.29 is 0 Å². The topological polar surface area (TPSA) is 29.3 Å². The Morgan fingerprint density at radius 3 is 2.61 bits per heavy atom. The van der Waals surface area contributed by atoms with E-state index in [1.165, 1.54) is 30.5 Å². The van der Waals surface area contributed by atoms with Crippen molar-refractivity contribution in [1.29, 1.82) is 0 Å². The lowest BCUT2D eigenvalue weighted by Gasteiger charge is -2.34. The van der Waals surface area contributed by atoms with Crippen molar-refractivity contribution in [1.82, 2.24) is 4.90 Å². The third-order valence-electron chi connectivity index (χ3n) is 3.87. The van der Waals surface area contributed by atoms with Crippen molar-refractivity contribution in [3.63, 3.8) is 0 Å². The molecular weight excluding hydrogens is 220 g/mol. The second kappa shape index (κ2) is 5.85. The van der Waals surface area contributed by atoms with Crippen LogP contribution in [0.5, 0.6) is 0 Å². The van der Waals surface area contributed by atoms with Crippen LogP contribution >= 0.6 is 0 Å². The van der Waals surface area contributed by atoms with Gasteiger partial charge in [0.05, 0.1) is 0 Å². The standard InChI is InChI=1S/C16H26N2/c1-4-18(11-14-8-9-14)16(13(3)17)15-7-5-6-12(2)10-15/h5-7,10,13-14,16H,4,8-9,11,17H2,1-3H3. The lowest BCUT2D eigenvalue weighted by Crippen LogP contribution is -2.40. The van der Waals surface area contributed by atoms with Crippen molar-refractivity contribution in [2.24, 2.45) is 11.7 Å². The molecule has 1 aliphatic carbocycles. The third kappa shape index (κ3) is 3.33. The van der Waals surface area contributed by atoms with E-state index in [0.29, 0.717) is 6.04 Å². The maximum atomic E-state index is 6.25. The molecule has 2 nitrogen and oxygen atoms in total. The van der Waals surface area contributed by atoms with Gasteiger partial charge in [-0.25, -0.2) is 0 Å². The predicted molar refractivity (Wildman–Crippen MR) is 77.5 cm³/mol. The van der Waals surface area contributed by atoms with Gasteiger partial charge in [-0.1, -0.05) is 36.8 Å². The molecule has 1 aromatic rings. The molecule has 1 aromatic carbocycles. The van der Waals surface area contributed by atoms with Gasteiger partial charge >= 0.3 is 0 Å². The molecule has 0 heterocycles. The molecule has 1 saturated carbocycles. The highest BCUT2D eigenvalue weighted by Gasteiger charge is 2.29. The zero-order valence-corrected chi connectivity index (χ0v) is 11.9. The van der Waals surface area contributed by atoms with Gasteiger partial charge in [0.2, 0.25) is 0 Å². The van der Waals surface area contributed by atoms with E-state index in [9.17, 15) is 0 Å². The molecular formula is C16H26N2. The summed E-state index contributed by atoms with van der Waals surface area (Å²) >= 11 is 0. The lowest BCUT2D eigenvalue weighted by molar-refractivity contribution is 0.178. The number of hydrogen-bond donors (Lipinski definition) is 1. The molecule has 1 fully saturated rings. The molecule has 0 bridgehead atoms. The predicted octanol–water partition coefficient (Wildman–Crippen LogP) is 3.12. The minimum atomic E-state index is 0.172. The number of benzene rings is 1. The fourth-order valence-electron chi connectivity index (χ4n) is 2.77. The first kappa shape index (κ1) is 13.6. The van der Waals surface area contributed by atoms with Gasteiger partial charge in [-0.15, -0.1) is 0 Å². The van der Waals surface area contributed by atoms with Gasteiger partial charge in [-0.3, -0.25) is 4.90 Å². The van der Waals surface area contributed by atoms with Gasteiger partial charge in [-0.2, -0.15) is 0 Å². The summed E-state index contributed by atoms with van der Waals surface area (Å²) in [4.78, 5) is 2.55. The summed E-state index contributed by atoms with van der Waals surface area (Å²) in [6.45, 7) is 8.81. The average Bonchev–Trinajstić information content (AvgIpc) is 3.11. The highest BCUT2D eigenvalue weighted by atomic mass is 15.2. The number of nitrogens with zero attached hydrogens (tertiary/aromatic N) is 1. The van der Waals surface area contributed by atoms with Crippen molar-refractivity contribution in [3.05, 3.63) is 35.4 Å². The van der Waals surface area contributed by atoms with Gasteiger partial charge in [0.25, 0.3) is 0 Å². The van der Waals surface area contributed by atoms with Crippen LogP contribution in [-0.4, -0.2) is 24.0 Å². The molecule has 18 heavy (non-hydrogen) atoms. The van der Waals surface area contributed by atoms with E-state index in [4.69, 9.17) is 5.73 Å². The van der Waals surface area contributed by atoms with Crippen LogP contribution in [0, 0.1) is 12.8 Å². The van der Waals surface area contributed by atoms with Crippen LogP contribution in [0.15, 0.2) is 24.3 Å². The molecule has 0 amide bonds. The van der Waals surface area contributed by atoms with E-state index in [-0.39, 0.29) is 6.04 Å². The summed E-state index contributed by atoms with van der Waals surface area (Å²) in [6.07, 6.45) is 2.80. The van der Waals surface area contributed by atoms with Gasteiger partial charge in [0.15, 0.2) is 0 Å². The van der Waals surface area contributed by atoms with Crippen LogP contribution in [0.4, 0.5) is 0 Å². The second-order valence-corrected chi connectivity index (χ2v) is 5.75. The second-order valence-electron chi connectivity index (χ2n) is 5.75. The van der Waals surface area contributed by atoms with E-state index in [2.05, 4.69) is 49.9 Å². The van der Waals surface area contributed by atoms with Crippen LogP contribution in [-0.2, 0) is 0 Å². The summed E-state index contributed by atoms with van der Waals surface area (Å²) in [5.74, 6) is 0.913. The fourth-order valence-corrected chi connectivity index (χ4v) is 2.77. The van der Waals surface area contributed by atoms with Crippen LogP contribution < -0.4 is 5.73 Å². The zero-order valence-electron chi connectivity index (χ0n) is 11.9. The first-order chi connectivity index (χ1) is 8.61. The quantitative estimate of drug-likeness (QED) is 0.835. The number of nitrogens with two attached hydrogens (primary N) is 1. The van der Waals surface area contributed by atoms with Crippen LogP contribution in [0.2, 0.25) is 0 Å². The molecule has 2 unspecified atom stereocenters. The fraction of sp³-hybridized carbons (Fsp3) is 0.625. The van der Waals surface area contributed by atoms with Crippen molar-refractivity contribution >= 4 is 0 Å². The molecule has 1 aliphatic rings. The first-order valence-corrected chi connectivity index (χ1v) is 7.18. The number of aryl methyl sites for hydroxylation is 1. The average molecular weight is 246 g/mol. The molecule has 100 valence electrons. The molecule has 0 aliphatic heterocycles. The molecule has 0 spiro atoms. The Hall–Kier alpha value is -0.860. The summed E-state index contributed by atoms with van der Waals surface area (Å²) in [6, 6.07) is 9.32. The number of rotatable bonds is 6. The Morgan fingerprint density at radius 2 is 2.11 bits per heavy atom. The Kier molecular flexibility index (Phi) is 4.41. The summed E-state index contributed by atoms with van der Waals surface area (Å²) < 4.78 is 0. The highest BCUT2D eigenvalue weighted by molar-refractivity contribution is 5.26. The monoisotopic (exact) mass is 246 g/mol. The summed E-state index contributed by atoms with van der Waals surface area (Å²) in [5.41, 5.74) is 8.94. The van der Waals surface area contributed by atoms with Crippen molar-refractivity contribution in [2.75, 3.05) is 13.1 Å². The van der Waals surface area contributed by atoms with E-state index in [1.807, 2.05) is 0 Å². The Labute approximate surface area is 111 Å². The van der Waals surface area contributed by atoms with Gasteiger partial charge < -0.3 is 5.73 Å². The SMILES string of the molecule is CCN(CC1CC1)C(c1cccc(C)c1)C(C)N. The maximum absolute atomic E-state index is 6.25. The Morgan fingerprint density at radius 1 is 1.39 bits per heavy atom. The molecule has 2 N–H and O–H groups in total. The molecule has 2 heteroatoms. The normalized spacial score (nSPS) is 18.9. The summed E-state index contributed by atoms with van der Waals surface area (Å²) in [5, 5.41) is 0. The smallest absolute Gasteiger partial charge is 0.0496 e. The Bertz CT molecular complexity index is 382. The maximum Gasteiger partial charge on any atom is 0.0496 e. The number of hydrogen-bond acceptors (Lipinski definition) is 2. The van der Waals surface area contributed by atoms with Crippen molar-refractivity contribution in [3.8, 4) is 0 Å². The van der Waals surface area contributed by atoms with Crippen molar-refractivity contribution in [2.45, 2.75) is 45.7 Å². The largest absolute Gasteiger partial charge is 0.326 e. The molecule has 0 saturated heterocycles. The van der Waals surface area contributed by atoms with E-state index in [1.54, 1.807) is 0 Å². The molecule has 2 rings (SSSR count). The highest BCUT2D eigenvalue weighted by Crippen LogP contribution is 2.33. The summed E-state index contributed by atoms with van der Waals surface area (Å²) in [7, 11) is 0. The molecule has 0 aromatic heterocycles.